The van der Waals surface area contributed by atoms with Gasteiger partial charge in [-0.25, -0.2) is 0 Å². The van der Waals surface area contributed by atoms with Crippen molar-refractivity contribution >= 4 is 15.9 Å². The number of hydrogen-bond donors (Lipinski definition) is 2. The fourth-order valence-corrected chi connectivity index (χ4v) is 7.73. The molecule has 29 heavy (non-hydrogen) atoms. The first-order valence-electron chi connectivity index (χ1n) is 12.1. The average Bonchev–Trinajstić information content (AvgIpc) is 3.01. The number of phenolic OH excluding ortho intramolecular Hbond substituents is 1. The molecule has 2 saturated carbocycles. The summed E-state index contributed by atoms with van der Waals surface area (Å²) in [5.74, 6) is 3.12. The molecule has 0 aromatic heterocycles. The van der Waals surface area contributed by atoms with Crippen LogP contribution in [0.1, 0.15) is 94.6 Å². The Bertz CT molecular complexity index is 689. The first-order valence-corrected chi connectivity index (χ1v) is 13.2. The van der Waals surface area contributed by atoms with E-state index in [0.29, 0.717) is 29.4 Å². The van der Waals surface area contributed by atoms with Gasteiger partial charge in [-0.2, -0.15) is 0 Å². The van der Waals surface area contributed by atoms with E-state index in [0.717, 1.165) is 18.2 Å². The van der Waals surface area contributed by atoms with Gasteiger partial charge in [-0.15, -0.1) is 0 Å². The molecule has 0 spiro atoms. The number of unbranched alkanes of at least 4 members (excludes halogenated alkanes) is 5. The van der Waals surface area contributed by atoms with Gasteiger partial charge in [-0.05, 0) is 97.3 Å². The molecule has 1 aromatic rings. The summed E-state index contributed by atoms with van der Waals surface area (Å²) in [6.07, 6.45) is 14.9. The van der Waals surface area contributed by atoms with Crippen LogP contribution in [-0.4, -0.2) is 21.6 Å². The number of phenols is 1. The highest BCUT2D eigenvalue weighted by atomic mass is 79.9. The topological polar surface area (TPSA) is 40.5 Å². The molecule has 6 atom stereocenters. The minimum atomic E-state index is -0.110. The van der Waals surface area contributed by atoms with Crippen LogP contribution in [0.5, 0.6) is 5.75 Å². The molecule has 0 unspecified atom stereocenters. The van der Waals surface area contributed by atoms with Gasteiger partial charge in [-0.3, -0.25) is 0 Å². The number of alkyl halides is 1. The van der Waals surface area contributed by atoms with Crippen molar-refractivity contribution in [1.82, 2.24) is 0 Å². The highest BCUT2D eigenvalue weighted by molar-refractivity contribution is 9.09. The average molecular weight is 464 g/mol. The number of aliphatic hydroxyl groups excluding tert-OH is 1. The molecule has 0 radical (unpaired) electrons. The minimum Gasteiger partial charge on any atom is -0.508 e. The molecule has 2 nitrogen and oxygen atoms in total. The summed E-state index contributed by atoms with van der Waals surface area (Å²) in [6.45, 7) is 2.39. The molecule has 4 rings (SSSR count). The minimum absolute atomic E-state index is 0.110. The van der Waals surface area contributed by atoms with Gasteiger partial charge in [0, 0.05) is 5.33 Å². The van der Waals surface area contributed by atoms with E-state index in [4.69, 9.17) is 0 Å². The van der Waals surface area contributed by atoms with Gasteiger partial charge < -0.3 is 10.2 Å². The van der Waals surface area contributed by atoms with E-state index < -0.39 is 0 Å². The zero-order chi connectivity index (χ0) is 20.4. The third-order valence-corrected chi connectivity index (χ3v) is 9.30. The number of aliphatic hydroxyl groups is 1. The molecule has 162 valence electrons. The quantitative estimate of drug-likeness (QED) is 0.323. The van der Waals surface area contributed by atoms with Gasteiger partial charge in [0.05, 0.1) is 6.10 Å². The summed E-state index contributed by atoms with van der Waals surface area (Å²) in [6, 6.07) is 6.14. The number of hydrogen-bond acceptors (Lipinski definition) is 2. The maximum atomic E-state index is 10.9. The van der Waals surface area contributed by atoms with Crippen molar-refractivity contribution in [1.29, 1.82) is 0 Å². The highest BCUT2D eigenvalue weighted by Gasteiger charge is 2.57. The first kappa shape index (κ1) is 21.7. The summed E-state index contributed by atoms with van der Waals surface area (Å²) in [4.78, 5) is 0. The lowest BCUT2D eigenvalue weighted by atomic mass is 9.51. The van der Waals surface area contributed by atoms with Crippen molar-refractivity contribution in [3.63, 3.8) is 0 Å². The molecule has 3 aliphatic rings. The molecule has 2 N–H and O–H groups in total. The Hall–Kier alpha value is -0.540. The zero-order valence-electron chi connectivity index (χ0n) is 18.1. The summed E-state index contributed by atoms with van der Waals surface area (Å²) in [7, 11) is 0. The van der Waals surface area contributed by atoms with Gasteiger partial charge in [0.2, 0.25) is 0 Å². The van der Waals surface area contributed by atoms with Crippen LogP contribution in [0.2, 0.25) is 0 Å². The second-order valence-corrected chi connectivity index (χ2v) is 11.2. The molecule has 1 aromatic carbocycles. The predicted octanol–water partition coefficient (Wildman–Crippen LogP) is 6.96. The number of fused-ring (bicyclic) bond motifs is 5. The number of rotatable bonds is 8. The smallest absolute Gasteiger partial charge is 0.115 e. The van der Waals surface area contributed by atoms with Crippen LogP contribution in [0.15, 0.2) is 18.2 Å². The molecule has 3 heteroatoms. The van der Waals surface area contributed by atoms with Crippen molar-refractivity contribution < 1.29 is 10.2 Å². The molecule has 3 aliphatic carbocycles. The van der Waals surface area contributed by atoms with E-state index >= 15 is 0 Å². The van der Waals surface area contributed by atoms with E-state index in [1.807, 2.05) is 12.1 Å². The van der Waals surface area contributed by atoms with Crippen molar-refractivity contribution in [2.75, 3.05) is 5.33 Å². The Kier molecular flexibility index (Phi) is 6.96. The molecular formula is C26H39BrO2. The maximum absolute atomic E-state index is 10.9. The van der Waals surface area contributed by atoms with Crippen molar-refractivity contribution in [3.05, 3.63) is 29.3 Å². The van der Waals surface area contributed by atoms with Gasteiger partial charge >= 0.3 is 0 Å². The predicted molar refractivity (Wildman–Crippen MR) is 124 cm³/mol. The SMILES string of the molecule is C[C@]12C[C@H](CCCCCCCCBr)[C@@H]3c4ccc(O)cc4CC[C@H]3[C@@H]1CC[C@@H]2O. The Morgan fingerprint density at radius 1 is 1.03 bits per heavy atom. The number of halogens is 1. The summed E-state index contributed by atoms with van der Waals surface area (Å²) in [5, 5.41) is 22.0. The molecule has 0 bridgehead atoms. The van der Waals surface area contributed by atoms with Crippen molar-refractivity contribution in [2.45, 2.75) is 96.0 Å². The van der Waals surface area contributed by atoms with E-state index in [1.165, 1.54) is 75.3 Å². The third kappa shape index (κ3) is 4.28. The Labute approximate surface area is 185 Å². The highest BCUT2D eigenvalue weighted by Crippen LogP contribution is 2.63. The lowest BCUT2D eigenvalue weighted by Gasteiger charge is -2.54. The van der Waals surface area contributed by atoms with Crippen LogP contribution in [0.25, 0.3) is 0 Å². The monoisotopic (exact) mass is 462 g/mol. The van der Waals surface area contributed by atoms with Crippen molar-refractivity contribution in [2.24, 2.45) is 23.2 Å². The van der Waals surface area contributed by atoms with E-state index in [9.17, 15) is 10.2 Å². The lowest BCUT2D eigenvalue weighted by molar-refractivity contribution is -0.0501. The van der Waals surface area contributed by atoms with Crippen LogP contribution in [0.3, 0.4) is 0 Å². The first-order chi connectivity index (χ1) is 14.0. The number of aromatic hydroxyl groups is 1. The van der Waals surface area contributed by atoms with Crippen LogP contribution >= 0.6 is 15.9 Å². The summed E-state index contributed by atoms with van der Waals surface area (Å²) < 4.78 is 0. The second kappa shape index (κ2) is 9.30. The van der Waals surface area contributed by atoms with Crippen molar-refractivity contribution in [3.8, 4) is 5.75 Å². The molecule has 0 heterocycles. The number of aryl methyl sites for hydroxylation is 1. The normalized spacial score (nSPS) is 35.8. The second-order valence-electron chi connectivity index (χ2n) is 10.4. The Balaban J connectivity index is 1.49. The zero-order valence-corrected chi connectivity index (χ0v) is 19.7. The molecule has 2 fully saturated rings. The summed E-state index contributed by atoms with van der Waals surface area (Å²) >= 11 is 3.53. The molecular weight excluding hydrogens is 424 g/mol. The standard InChI is InChI=1S/C26H39BrO2/c1-26-17-19(8-6-4-2-3-5-7-15-27)25-21-12-10-20(28)16-18(21)9-11-22(25)23(26)13-14-24(26)29/h10,12,16,19,22-25,28-29H,2-9,11,13-15,17H2,1H3/t19-,22-,23-,24-,25+,26-/m0/s1. The van der Waals surface area contributed by atoms with E-state index in [-0.39, 0.29) is 11.5 Å². The Morgan fingerprint density at radius 2 is 1.79 bits per heavy atom. The Morgan fingerprint density at radius 3 is 2.59 bits per heavy atom. The fraction of sp³-hybridized carbons (Fsp3) is 0.769. The largest absolute Gasteiger partial charge is 0.508 e. The lowest BCUT2D eigenvalue weighted by Crippen LogP contribution is -2.47. The van der Waals surface area contributed by atoms with Crippen LogP contribution in [0.4, 0.5) is 0 Å². The van der Waals surface area contributed by atoms with Crippen LogP contribution < -0.4 is 0 Å². The molecule has 0 amide bonds. The van der Waals surface area contributed by atoms with E-state index in [1.54, 1.807) is 0 Å². The maximum Gasteiger partial charge on any atom is 0.115 e. The van der Waals surface area contributed by atoms with Gasteiger partial charge in [0.25, 0.3) is 0 Å². The number of benzene rings is 1. The van der Waals surface area contributed by atoms with Gasteiger partial charge in [0.1, 0.15) is 5.75 Å². The van der Waals surface area contributed by atoms with Crippen LogP contribution in [0, 0.1) is 23.2 Å². The molecule has 0 aliphatic heterocycles. The van der Waals surface area contributed by atoms with Gasteiger partial charge in [0.15, 0.2) is 0 Å². The van der Waals surface area contributed by atoms with Gasteiger partial charge in [-0.1, -0.05) is 61.0 Å². The van der Waals surface area contributed by atoms with Crippen LogP contribution in [-0.2, 0) is 6.42 Å². The van der Waals surface area contributed by atoms with E-state index in [2.05, 4.69) is 28.9 Å². The summed E-state index contributed by atoms with van der Waals surface area (Å²) in [5.41, 5.74) is 3.02. The fourth-order valence-electron chi connectivity index (χ4n) is 7.34. The molecule has 0 saturated heterocycles. The third-order valence-electron chi connectivity index (χ3n) is 8.74.